The van der Waals surface area contributed by atoms with Gasteiger partial charge in [0.15, 0.2) is 0 Å². The highest BCUT2D eigenvalue weighted by Gasteiger charge is 2.36. The number of fused-ring (bicyclic) bond motifs is 3. The fourth-order valence-corrected chi connectivity index (χ4v) is 3.46. The third-order valence-corrected chi connectivity index (χ3v) is 4.30. The maximum absolute atomic E-state index is 6.27. The van der Waals surface area contributed by atoms with E-state index in [9.17, 15) is 0 Å². The molecule has 1 saturated heterocycles. The molecule has 0 aliphatic carbocycles. The molecule has 2 aliphatic heterocycles. The lowest BCUT2D eigenvalue weighted by Gasteiger charge is -2.39. The molecule has 3 heteroatoms. The van der Waals surface area contributed by atoms with E-state index in [1.807, 2.05) is 12.1 Å². The van der Waals surface area contributed by atoms with E-state index in [2.05, 4.69) is 11.0 Å². The first kappa shape index (κ1) is 10.4. The van der Waals surface area contributed by atoms with Crippen molar-refractivity contribution in [3.8, 4) is 0 Å². The van der Waals surface area contributed by atoms with Crippen molar-refractivity contribution in [3.05, 3.63) is 28.8 Å². The summed E-state index contributed by atoms with van der Waals surface area (Å²) in [5.41, 5.74) is 8.53. The highest BCUT2D eigenvalue weighted by molar-refractivity contribution is 6.31. The van der Waals surface area contributed by atoms with Gasteiger partial charge in [-0.15, -0.1) is 0 Å². The summed E-state index contributed by atoms with van der Waals surface area (Å²) in [5, 5.41) is 0.919. The van der Waals surface area contributed by atoms with E-state index in [0.29, 0.717) is 12.1 Å². The summed E-state index contributed by atoms with van der Waals surface area (Å²) >= 11 is 6.27. The topological polar surface area (TPSA) is 29.3 Å². The Morgan fingerprint density at radius 1 is 1.38 bits per heavy atom. The number of benzene rings is 1. The van der Waals surface area contributed by atoms with Crippen molar-refractivity contribution in [1.82, 2.24) is 0 Å². The minimum absolute atomic E-state index is 0.512. The average molecular weight is 237 g/mol. The van der Waals surface area contributed by atoms with Crippen molar-refractivity contribution >= 4 is 17.3 Å². The van der Waals surface area contributed by atoms with Crippen molar-refractivity contribution in [3.63, 3.8) is 0 Å². The van der Waals surface area contributed by atoms with Gasteiger partial charge in [-0.3, -0.25) is 0 Å². The number of rotatable bonds is 1. The van der Waals surface area contributed by atoms with Crippen LogP contribution >= 0.6 is 11.6 Å². The third kappa shape index (κ3) is 1.44. The Morgan fingerprint density at radius 3 is 3.06 bits per heavy atom. The molecule has 0 amide bonds. The minimum Gasteiger partial charge on any atom is -0.364 e. The summed E-state index contributed by atoms with van der Waals surface area (Å²) in [7, 11) is 0. The van der Waals surface area contributed by atoms with Gasteiger partial charge in [0.05, 0.1) is 0 Å². The predicted molar refractivity (Wildman–Crippen MR) is 68.1 cm³/mol. The van der Waals surface area contributed by atoms with Gasteiger partial charge in [-0.1, -0.05) is 17.7 Å². The lowest BCUT2D eigenvalue weighted by Crippen LogP contribution is -2.48. The summed E-state index contributed by atoms with van der Waals surface area (Å²) in [6.07, 6.45) is 4.90. The Kier molecular flexibility index (Phi) is 2.56. The summed E-state index contributed by atoms with van der Waals surface area (Å²) in [6.45, 7) is 0.752. The van der Waals surface area contributed by atoms with Crippen LogP contribution in [0.5, 0.6) is 0 Å². The molecule has 3 rings (SSSR count). The van der Waals surface area contributed by atoms with Crippen LogP contribution < -0.4 is 10.6 Å². The van der Waals surface area contributed by atoms with Gasteiger partial charge < -0.3 is 10.6 Å². The molecule has 0 saturated carbocycles. The average Bonchev–Trinajstić information content (AvgIpc) is 2.69. The Morgan fingerprint density at radius 2 is 2.25 bits per heavy atom. The molecule has 0 radical (unpaired) electrons. The zero-order valence-corrected chi connectivity index (χ0v) is 10.1. The zero-order valence-electron chi connectivity index (χ0n) is 9.32. The molecule has 1 aromatic carbocycles. The van der Waals surface area contributed by atoms with E-state index in [1.165, 1.54) is 30.5 Å². The molecule has 1 aromatic rings. The van der Waals surface area contributed by atoms with Gasteiger partial charge in [0.1, 0.15) is 0 Å². The Hall–Kier alpha value is -0.730. The van der Waals surface area contributed by atoms with E-state index in [1.54, 1.807) is 0 Å². The van der Waals surface area contributed by atoms with Gasteiger partial charge in [0.2, 0.25) is 0 Å². The lowest BCUT2D eigenvalue weighted by molar-refractivity contribution is 0.399. The lowest BCUT2D eigenvalue weighted by atomic mass is 9.96. The van der Waals surface area contributed by atoms with Gasteiger partial charge >= 0.3 is 0 Å². The molecule has 2 N–H and O–H groups in total. The Bertz CT molecular complexity index is 405. The van der Waals surface area contributed by atoms with Gasteiger partial charge in [-0.05, 0) is 43.4 Å². The van der Waals surface area contributed by atoms with Gasteiger partial charge in [-0.2, -0.15) is 0 Å². The van der Waals surface area contributed by atoms with Crippen LogP contribution in [0.4, 0.5) is 5.69 Å². The SMILES string of the molecule is NCC1CCCC2Cc3c(Cl)cccc3N12. The first-order valence-corrected chi connectivity index (χ1v) is 6.45. The van der Waals surface area contributed by atoms with E-state index in [4.69, 9.17) is 17.3 Å². The molecule has 2 nitrogen and oxygen atoms in total. The summed E-state index contributed by atoms with van der Waals surface area (Å²) < 4.78 is 0. The first-order valence-electron chi connectivity index (χ1n) is 6.07. The van der Waals surface area contributed by atoms with Crippen molar-refractivity contribution in [2.45, 2.75) is 37.8 Å². The van der Waals surface area contributed by atoms with Gasteiger partial charge in [0, 0.05) is 29.3 Å². The number of anilines is 1. The second-order valence-corrected chi connectivity index (χ2v) is 5.23. The van der Waals surface area contributed by atoms with Gasteiger partial charge in [-0.25, -0.2) is 0 Å². The van der Waals surface area contributed by atoms with E-state index in [0.717, 1.165) is 18.0 Å². The quantitative estimate of drug-likeness (QED) is 0.812. The van der Waals surface area contributed by atoms with Crippen LogP contribution in [0.3, 0.4) is 0 Å². The van der Waals surface area contributed by atoms with Crippen molar-refractivity contribution in [2.24, 2.45) is 5.73 Å². The minimum atomic E-state index is 0.512. The van der Waals surface area contributed by atoms with Gasteiger partial charge in [0.25, 0.3) is 0 Å². The van der Waals surface area contributed by atoms with E-state index < -0.39 is 0 Å². The standard InChI is InChI=1S/C13H17ClN2/c14-12-5-2-6-13-11(12)7-9-3-1-4-10(8-15)16(9)13/h2,5-6,9-10H,1,3-4,7-8,15H2. The molecule has 2 atom stereocenters. The third-order valence-electron chi connectivity index (χ3n) is 3.95. The fourth-order valence-electron chi connectivity index (χ4n) is 3.22. The molecule has 0 spiro atoms. The molecular weight excluding hydrogens is 220 g/mol. The number of piperidine rings is 1. The maximum Gasteiger partial charge on any atom is 0.0459 e. The second-order valence-electron chi connectivity index (χ2n) is 4.82. The summed E-state index contributed by atoms with van der Waals surface area (Å²) in [5.74, 6) is 0. The fraction of sp³-hybridized carbons (Fsp3) is 0.538. The molecule has 2 heterocycles. The largest absolute Gasteiger partial charge is 0.364 e. The predicted octanol–water partition coefficient (Wildman–Crippen LogP) is 2.58. The number of hydrogen-bond donors (Lipinski definition) is 1. The highest BCUT2D eigenvalue weighted by Crippen LogP contribution is 2.42. The molecule has 1 fully saturated rings. The Labute approximate surface area is 101 Å². The summed E-state index contributed by atoms with van der Waals surface area (Å²) in [4.78, 5) is 2.52. The van der Waals surface area contributed by atoms with Crippen LogP contribution in [0, 0.1) is 0 Å². The molecule has 0 aromatic heterocycles. The van der Waals surface area contributed by atoms with Crippen molar-refractivity contribution < 1.29 is 0 Å². The van der Waals surface area contributed by atoms with Crippen LogP contribution in [0.1, 0.15) is 24.8 Å². The van der Waals surface area contributed by atoms with Crippen LogP contribution in [-0.4, -0.2) is 18.6 Å². The number of nitrogens with two attached hydrogens (primary N) is 1. The van der Waals surface area contributed by atoms with Crippen LogP contribution in [0.2, 0.25) is 5.02 Å². The summed E-state index contributed by atoms with van der Waals surface area (Å²) in [6, 6.07) is 7.38. The highest BCUT2D eigenvalue weighted by atomic mass is 35.5. The smallest absolute Gasteiger partial charge is 0.0459 e. The number of halogens is 1. The van der Waals surface area contributed by atoms with Crippen LogP contribution in [0.25, 0.3) is 0 Å². The molecule has 2 unspecified atom stereocenters. The van der Waals surface area contributed by atoms with Crippen LogP contribution in [0.15, 0.2) is 18.2 Å². The van der Waals surface area contributed by atoms with Crippen LogP contribution in [-0.2, 0) is 6.42 Å². The van der Waals surface area contributed by atoms with Crippen molar-refractivity contribution in [2.75, 3.05) is 11.4 Å². The second kappa shape index (κ2) is 3.94. The maximum atomic E-state index is 6.27. The molecule has 86 valence electrons. The van der Waals surface area contributed by atoms with Crippen molar-refractivity contribution in [1.29, 1.82) is 0 Å². The number of hydrogen-bond acceptors (Lipinski definition) is 2. The van der Waals surface area contributed by atoms with E-state index in [-0.39, 0.29) is 0 Å². The zero-order chi connectivity index (χ0) is 11.1. The monoisotopic (exact) mass is 236 g/mol. The number of nitrogens with zero attached hydrogens (tertiary/aromatic N) is 1. The molecular formula is C13H17ClN2. The molecule has 0 bridgehead atoms. The normalized spacial score (nSPS) is 27.8. The first-order chi connectivity index (χ1) is 7.81. The Balaban J connectivity index is 2.03. The molecule has 16 heavy (non-hydrogen) atoms. The van der Waals surface area contributed by atoms with E-state index >= 15 is 0 Å². The molecule has 2 aliphatic rings.